The number of rotatable bonds is 8. The quantitative estimate of drug-likeness (QED) is 0.464. The minimum absolute atomic E-state index is 0.0125. The van der Waals surface area contributed by atoms with Crippen molar-refractivity contribution >= 4 is 28.9 Å². The summed E-state index contributed by atoms with van der Waals surface area (Å²) in [5.41, 5.74) is 2.97. The Bertz CT molecular complexity index is 925. The van der Waals surface area contributed by atoms with Crippen LogP contribution < -0.4 is 16.0 Å². The molecular formula is C21H26N4O4. The van der Waals surface area contributed by atoms with Crippen molar-refractivity contribution in [2.45, 2.75) is 27.7 Å². The van der Waals surface area contributed by atoms with E-state index < -0.39 is 4.92 Å². The molecule has 3 N–H and O–H groups in total. The summed E-state index contributed by atoms with van der Waals surface area (Å²) in [7, 11) is 0. The molecule has 0 aliphatic carbocycles. The minimum Gasteiger partial charge on any atom is -0.376 e. The molecule has 2 rings (SSSR count). The van der Waals surface area contributed by atoms with Gasteiger partial charge in [0.25, 0.3) is 11.6 Å². The van der Waals surface area contributed by atoms with Gasteiger partial charge in [0.1, 0.15) is 0 Å². The predicted octanol–water partition coefficient (Wildman–Crippen LogP) is 3.65. The molecule has 8 nitrogen and oxygen atoms in total. The number of anilines is 2. The smallest absolute Gasteiger partial charge is 0.274 e. The van der Waals surface area contributed by atoms with Crippen molar-refractivity contribution in [3.8, 4) is 0 Å². The van der Waals surface area contributed by atoms with Gasteiger partial charge in [-0.1, -0.05) is 19.9 Å². The molecule has 0 aromatic heterocycles. The fraction of sp³-hybridized carbons (Fsp3) is 0.333. The molecular weight excluding hydrogens is 372 g/mol. The molecule has 0 saturated carbocycles. The van der Waals surface area contributed by atoms with Crippen LogP contribution in [0, 0.1) is 29.9 Å². The Morgan fingerprint density at radius 2 is 1.79 bits per heavy atom. The molecule has 2 aromatic carbocycles. The highest BCUT2D eigenvalue weighted by Gasteiger charge is 2.13. The first kappa shape index (κ1) is 21.9. The Balaban J connectivity index is 1.96. The summed E-state index contributed by atoms with van der Waals surface area (Å²) in [4.78, 5) is 34.8. The number of nitro groups is 1. The van der Waals surface area contributed by atoms with Crippen molar-refractivity contribution in [2.75, 3.05) is 23.7 Å². The third-order valence-electron chi connectivity index (χ3n) is 4.29. The lowest BCUT2D eigenvalue weighted by molar-refractivity contribution is -0.385. The number of benzene rings is 2. The number of amides is 2. The van der Waals surface area contributed by atoms with Crippen LogP contribution in [0.4, 0.5) is 17.1 Å². The maximum atomic E-state index is 12.2. The SMILES string of the molecule is Cc1cc(C(=O)NCC(C)C)ccc1NCC(=O)Nc1ccc(C)c([N+](=O)[O-])c1. The van der Waals surface area contributed by atoms with Crippen LogP contribution in [0.3, 0.4) is 0 Å². The summed E-state index contributed by atoms with van der Waals surface area (Å²) in [5.74, 6) is -0.0946. The Morgan fingerprint density at radius 3 is 2.41 bits per heavy atom. The lowest BCUT2D eigenvalue weighted by Crippen LogP contribution is -2.27. The molecule has 0 bridgehead atoms. The van der Waals surface area contributed by atoms with Crippen LogP contribution in [0.15, 0.2) is 36.4 Å². The Hall–Kier alpha value is -3.42. The van der Waals surface area contributed by atoms with Crippen LogP contribution in [0.25, 0.3) is 0 Å². The third kappa shape index (κ3) is 6.31. The standard InChI is InChI=1S/C21H26N4O4/c1-13(2)11-23-21(27)16-6-8-18(15(4)9-16)22-12-20(26)24-17-7-5-14(3)19(10-17)25(28)29/h5-10,13,22H,11-12H2,1-4H3,(H,23,27)(H,24,26). The Labute approximate surface area is 169 Å². The molecule has 0 radical (unpaired) electrons. The van der Waals surface area contributed by atoms with Gasteiger partial charge in [-0.3, -0.25) is 19.7 Å². The molecule has 0 saturated heterocycles. The van der Waals surface area contributed by atoms with Gasteiger partial charge >= 0.3 is 0 Å². The van der Waals surface area contributed by atoms with E-state index in [-0.39, 0.29) is 24.0 Å². The van der Waals surface area contributed by atoms with Gasteiger partial charge in [0.15, 0.2) is 0 Å². The van der Waals surface area contributed by atoms with E-state index in [2.05, 4.69) is 16.0 Å². The minimum atomic E-state index is -0.481. The Kier molecular flexibility index (Phi) is 7.30. The van der Waals surface area contributed by atoms with Gasteiger partial charge < -0.3 is 16.0 Å². The zero-order valence-corrected chi connectivity index (χ0v) is 17.0. The number of aryl methyl sites for hydroxylation is 2. The highest BCUT2D eigenvalue weighted by molar-refractivity contribution is 5.96. The van der Waals surface area contributed by atoms with E-state index >= 15 is 0 Å². The monoisotopic (exact) mass is 398 g/mol. The van der Waals surface area contributed by atoms with E-state index in [9.17, 15) is 19.7 Å². The molecule has 0 atom stereocenters. The molecule has 0 aliphatic heterocycles. The number of nitrogens with zero attached hydrogens (tertiary/aromatic N) is 1. The lowest BCUT2D eigenvalue weighted by atomic mass is 10.1. The average Bonchev–Trinajstić information content (AvgIpc) is 2.66. The molecule has 0 fully saturated rings. The fourth-order valence-electron chi connectivity index (χ4n) is 2.67. The molecule has 8 heteroatoms. The van der Waals surface area contributed by atoms with Gasteiger partial charge in [0.2, 0.25) is 5.91 Å². The highest BCUT2D eigenvalue weighted by atomic mass is 16.6. The predicted molar refractivity (Wildman–Crippen MR) is 113 cm³/mol. The summed E-state index contributed by atoms with van der Waals surface area (Å²) in [5, 5.41) is 19.5. The lowest BCUT2D eigenvalue weighted by Gasteiger charge is -2.12. The largest absolute Gasteiger partial charge is 0.376 e. The van der Waals surface area contributed by atoms with Crippen molar-refractivity contribution in [3.05, 3.63) is 63.2 Å². The average molecular weight is 398 g/mol. The van der Waals surface area contributed by atoms with Crippen LogP contribution in [0.1, 0.15) is 35.3 Å². The second kappa shape index (κ2) is 9.68. The molecule has 0 spiro atoms. The van der Waals surface area contributed by atoms with Crippen LogP contribution in [0.2, 0.25) is 0 Å². The maximum Gasteiger partial charge on any atom is 0.274 e. The zero-order chi connectivity index (χ0) is 21.6. The second-order valence-electron chi connectivity index (χ2n) is 7.29. The first-order valence-electron chi connectivity index (χ1n) is 9.35. The van der Waals surface area contributed by atoms with Crippen molar-refractivity contribution in [3.63, 3.8) is 0 Å². The number of carbonyl (C=O) groups excluding carboxylic acids is 2. The highest BCUT2D eigenvalue weighted by Crippen LogP contribution is 2.22. The van der Waals surface area contributed by atoms with Crippen molar-refractivity contribution in [2.24, 2.45) is 5.92 Å². The first-order valence-corrected chi connectivity index (χ1v) is 9.35. The summed E-state index contributed by atoms with van der Waals surface area (Å²) in [6.07, 6.45) is 0. The molecule has 0 aliphatic rings. The van der Waals surface area contributed by atoms with E-state index in [4.69, 9.17) is 0 Å². The van der Waals surface area contributed by atoms with Crippen LogP contribution in [-0.4, -0.2) is 29.8 Å². The normalized spacial score (nSPS) is 10.5. The van der Waals surface area contributed by atoms with Crippen LogP contribution >= 0.6 is 0 Å². The van der Waals surface area contributed by atoms with Crippen LogP contribution in [-0.2, 0) is 4.79 Å². The van der Waals surface area contributed by atoms with Crippen LogP contribution in [0.5, 0.6) is 0 Å². The molecule has 0 heterocycles. The van der Waals surface area contributed by atoms with Gasteiger partial charge in [0.05, 0.1) is 11.5 Å². The summed E-state index contributed by atoms with van der Waals surface area (Å²) < 4.78 is 0. The summed E-state index contributed by atoms with van der Waals surface area (Å²) in [6, 6.07) is 9.77. The van der Waals surface area contributed by atoms with Crippen molar-refractivity contribution < 1.29 is 14.5 Å². The number of hydrogen-bond acceptors (Lipinski definition) is 5. The molecule has 29 heavy (non-hydrogen) atoms. The molecule has 0 unspecified atom stereocenters. The number of hydrogen-bond donors (Lipinski definition) is 3. The van der Waals surface area contributed by atoms with Gasteiger partial charge in [0, 0.05) is 35.1 Å². The van der Waals surface area contributed by atoms with Gasteiger partial charge in [-0.15, -0.1) is 0 Å². The topological polar surface area (TPSA) is 113 Å². The van der Waals surface area contributed by atoms with Gasteiger partial charge in [-0.25, -0.2) is 0 Å². The van der Waals surface area contributed by atoms with Gasteiger partial charge in [-0.05, 0) is 49.6 Å². The second-order valence-corrected chi connectivity index (χ2v) is 7.29. The number of carbonyl (C=O) groups is 2. The van der Waals surface area contributed by atoms with E-state index in [1.807, 2.05) is 20.8 Å². The van der Waals surface area contributed by atoms with Crippen molar-refractivity contribution in [1.29, 1.82) is 0 Å². The maximum absolute atomic E-state index is 12.2. The van der Waals surface area contributed by atoms with E-state index in [0.717, 1.165) is 11.3 Å². The fourth-order valence-corrected chi connectivity index (χ4v) is 2.67. The zero-order valence-electron chi connectivity index (χ0n) is 17.0. The van der Waals surface area contributed by atoms with Crippen molar-refractivity contribution in [1.82, 2.24) is 5.32 Å². The Morgan fingerprint density at radius 1 is 1.07 bits per heavy atom. The summed E-state index contributed by atoms with van der Waals surface area (Å²) in [6.45, 7) is 8.14. The van der Waals surface area contributed by atoms with E-state index in [1.54, 1.807) is 37.3 Å². The van der Waals surface area contributed by atoms with E-state index in [1.165, 1.54) is 6.07 Å². The summed E-state index contributed by atoms with van der Waals surface area (Å²) >= 11 is 0. The third-order valence-corrected chi connectivity index (χ3v) is 4.29. The van der Waals surface area contributed by atoms with Gasteiger partial charge in [-0.2, -0.15) is 0 Å². The molecule has 154 valence electrons. The van der Waals surface area contributed by atoms with E-state index in [0.29, 0.717) is 29.3 Å². The number of nitrogens with one attached hydrogen (secondary N) is 3. The molecule has 2 amide bonds. The molecule has 2 aromatic rings. The number of nitro benzene ring substituents is 1. The first-order chi connectivity index (χ1) is 13.7.